The van der Waals surface area contributed by atoms with Crippen LogP contribution in [0.15, 0.2) is 54.1 Å². The standard InChI is InChI=1S/C52H70N10O7S/c1-11-59-40-19-18-33-25-35(40)36(47(59)34-15-12-21-53-45(34)32(4)68-10)27-52(5,6)30-69-50(66)37-16-13-23-62(56-37)49(65)38(26-43-54-39(33)29-70-43)55-48(64)46(31(2)3)58(9)51(67)61-28-42-41(61)20-24-60(42)44(63)17-14-22-57(7)8/h12,14-15,17-19,21,25,29,31-32,37-38,41-42,46,56H,11,13,16,20,22-24,26-28,30H2,1-10H3,(H,55,64)/b17-14+/t32-,37-,38-,41-,42-,46-/m0/s1. The van der Waals surface area contributed by atoms with E-state index in [4.69, 9.17) is 19.4 Å². The number of rotatable bonds is 11. The summed E-state index contributed by atoms with van der Waals surface area (Å²) in [7, 11) is 7.19. The van der Waals surface area contributed by atoms with Crippen LogP contribution in [0.25, 0.3) is 33.4 Å². The van der Waals surface area contributed by atoms with Gasteiger partial charge in [-0.25, -0.2) is 15.2 Å². The quantitative estimate of drug-likeness (QED) is 0.140. The summed E-state index contributed by atoms with van der Waals surface area (Å²) in [5, 5.41) is 8.15. The number of ether oxygens (including phenoxy) is 2. The molecule has 1 aromatic carbocycles. The smallest absolute Gasteiger partial charge is 0.324 e. The minimum atomic E-state index is -1.09. The minimum Gasteiger partial charge on any atom is -0.464 e. The van der Waals surface area contributed by atoms with Gasteiger partial charge >= 0.3 is 12.0 Å². The Labute approximate surface area is 415 Å². The van der Waals surface area contributed by atoms with Crippen molar-refractivity contribution in [1.29, 1.82) is 0 Å². The molecule has 3 fully saturated rings. The van der Waals surface area contributed by atoms with Crippen molar-refractivity contribution in [2.75, 3.05) is 61.0 Å². The van der Waals surface area contributed by atoms with Gasteiger partial charge in [-0.1, -0.05) is 39.8 Å². The third-order valence-corrected chi connectivity index (χ3v) is 15.2. The van der Waals surface area contributed by atoms with Crippen LogP contribution in [-0.2, 0) is 48.0 Å². The van der Waals surface area contributed by atoms with Crippen LogP contribution < -0.4 is 10.7 Å². The zero-order valence-corrected chi connectivity index (χ0v) is 43.2. The van der Waals surface area contributed by atoms with Gasteiger partial charge < -0.3 is 39.0 Å². The molecule has 376 valence electrons. The fraction of sp³-hybridized carbons (Fsp3) is 0.558. The van der Waals surface area contributed by atoms with Crippen LogP contribution in [0, 0.1) is 11.3 Å². The van der Waals surface area contributed by atoms with Crippen molar-refractivity contribution in [2.24, 2.45) is 11.3 Å². The first-order valence-corrected chi connectivity index (χ1v) is 25.6. The van der Waals surface area contributed by atoms with E-state index >= 15 is 0 Å². The molecule has 3 saturated heterocycles. The highest BCUT2D eigenvalue weighted by Gasteiger charge is 2.52. The number of carbonyl (C=O) groups is 5. The number of hydrazine groups is 1. The number of fused-ring (bicyclic) bond motifs is 7. The lowest BCUT2D eigenvalue weighted by atomic mass is 9.84. The fourth-order valence-electron chi connectivity index (χ4n) is 10.6. The molecule has 0 spiro atoms. The van der Waals surface area contributed by atoms with Crippen LogP contribution in [0.2, 0.25) is 0 Å². The fourth-order valence-corrected chi connectivity index (χ4v) is 11.5. The third-order valence-electron chi connectivity index (χ3n) is 14.3. The van der Waals surface area contributed by atoms with Gasteiger partial charge in [0.2, 0.25) is 11.8 Å². The Morgan fingerprint density at radius 2 is 1.86 bits per heavy atom. The number of esters is 1. The second-order valence-electron chi connectivity index (χ2n) is 20.6. The van der Waals surface area contributed by atoms with Crippen molar-refractivity contribution < 1.29 is 33.4 Å². The Morgan fingerprint density at radius 1 is 1.07 bits per heavy atom. The van der Waals surface area contributed by atoms with Crippen molar-refractivity contribution >= 4 is 52.0 Å². The molecule has 17 nitrogen and oxygen atoms in total. The second-order valence-corrected chi connectivity index (χ2v) is 21.6. The van der Waals surface area contributed by atoms with E-state index in [1.807, 2.05) is 62.2 Å². The number of urea groups is 1. The monoisotopic (exact) mass is 979 g/mol. The number of aromatic nitrogens is 3. The maximum Gasteiger partial charge on any atom is 0.324 e. The van der Waals surface area contributed by atoms with Crippen LogP contribution in [0.3, 0.4) is 0 Å². The first kappa shape index (κ1) is 50.7. The number of benzene rings is 1. The molecule has 6 bridgehead atoms. The average Bonchev–Trinajstić information content (AvgIpc) is 4.02. The van der Waals surface area contributed by atoms with Crippen LogP contribution in [0.5, 0.6) is 0 Å². The van der Waals surface area contributed by atoms with Gasteiger partial charge in [0.25, 0.3) is 5.91 Å². The minimum absolute atomic E-state index is 0.0640. The highest BCUT2D eigenvalue weighted by Crippen LogP contribution is 2.42. The molecule has 5 amide bonds. The lowest BCUT2D eigenvalue weighted by Crippen LogP contribution is -2.68. The molecule has 18 heteroatoms. The van der Waals surface area contributed by atoms with Crippen molar-refractivity contribution in [1.82, 2.24) is 49.9 Å². The Hall–Kier alpha value is -5.69. The van der Waals surface area contributed by atoms with Gasteiger partial charge in [0.1, 0.15) is 18.1 Å². The highest BCUT2D eigenvalue weighted by atomic mass is 32.1. The highest BCUT2D eigenvalue weighted by molar-refractivity contribution is 7.10. The predicted octanol–water partition coefficient (Wildman–Crippen LogP) is 5.68. The van der Waals surface area contributed by atoms with E-state index < -0.39 is 41.3 Å². The molecule has 0 saturated carbocycles. The lowest BCUT2D eigenvalue weighted by Gasteiger charge is -2.48. The Morgan fingerprint density at radius 3 is 2.59 bits per heavy atom. The molecule has 4 aliphatic rings. The molecule has 4 aliphatic heterocycles. The molecular formula is C52H70N10O7S. The number of likely N-dealkylation sites (N-methyl/N-ethyl adjacent to an activating group) is 2. The van der Waals surface area contributed by atoms with Gasteiger partial charge in [0.05, 0.1) is 46.9 Å². The topological polar surface area (TPSA) is 175 Å². The summed E-state index contributed by atoms with van der Waals surface area (Å²) in [5.74, 6) is -1.73. The molecule has 0 aliphatic carbocycles. The molecule has 6 atom stereocenters. The van der Waals surface area contributed by atoms with Gasteiger partial charge in [0, 0.05) is 98.4 Å². The number of aryl methyl sites for hydroxylation is 1. The number of thiazole rings is 1. The maximum absolute atomic E-state index is 14.7. The number of pyridine rings is 1. The zero-order valence-electron chi connectivity index (χ0n) is 42.4. The number of amides is 5. The first-order valence-electron chi connectivity index (χ1n) is 24.7. The van der Waals surface area contributed by atoms with Crippen molar-refractivity contribution in [2.45, 2.75) is 117 Å². The molecule has 0 radical (unpaired) electrons. The largest absolute Gasteiger partial charge is 0.464 e. The molecule has 2 N–H and O–H groups in total. The third kappa shape index (κ3) is 10.2. The van der Waals surface area contributed by atoms with Gasteiger partial charge in [0.15, 0.2) is 0 Å². The summed E-state index contributed by atoms with van der Waals surface area (Å²) in [5.41, 5.74) is 9.28. The van der Waals surface area contributed by atoms with Crippen LogP contribution >= 0.6 is 11.3 Å². The average molecular weight is 979 g/mol. The summed E-state index contributed by atoms with van der Waals surface area (Å²) in [6.07, 6.45) is 7.29. The van der Waals surface area contributed by atoms with E-state index in [9.17, 15) is 24.0 Å². The number of nitrogens with zero attached hydrogens (tertiary/aromatic N) is 8. The molecule has 4 aromatic rings. The van der Waals surface area contributed by atoms with E-state index in [2.05, 4.69) is 60.3 Å². The zero-order chi connectivity index (χ0) is 50.2. The van der Waals surface area contributed by atoms with Gasteiger partial charge in [-0.2, -0.15) is 0 Å². The van der Waals surface area contributed by atoms with Crippen molar-refractivity contribution in [3.05, 3.63) is 70.3 Å². The normalized spacial score (nSPS) is 22.5. The van der Waals surface area contributed by atoms with Gasteiger partial charge in [-0.3, -0.25) is 29.2 Å². The summed E-state index contributed by atoms with van der Waals surface area (Å²) in [4.78, 5) is 87.5. The van der Waals surface area contributed by atoms with Crippen LogP contribution in [0.1, 0.15) is 83.2 Å². The van der Waals surface area contributed by atoms with Gasteiger partial charge in [-0.15, -0.1) is 11.3 Å². The van der Waals surface area contributed by atoms with E-state index in [0.717, 1.165) is 44.7 Å². The van der Waals surface area contributed by atoms with Crippen LogP contribution in [0.4, 0.5) is 4.79 Å². The number of cyclic esters (lactones) is 1. The number of hydrogen-bond acceptors (Lipinski definition) is 12. The van der Waals surface area contributed by atoms with E-state index in [0.29, 0.717) is 63.4 Å². The number of likely N-dealkylation sites (tertiary alicyclic amines) is 2. The second kappa shape index (κ2) is 21.0. The molecule has 8 rings (SSSR count). The summed E-state index contributed by atoms with van der Waals surface area (Å²) >= 11 is 1.41. The Bertz CT molecular complexity index is 2640. The van der Waals surface area contributed by atoms with E-state index in [-0.39, 0.29) is 49.1 Å². The van der Waals surface area contributed by atoms with E-state index in [1.165, 1.54) is 21.2 Å². The summed E-state index contributed by atoms with van der Waals surface area (Å²) < 4.78 is 14.3. The lowest BCUT2D eigenvalue weighted by molar-refractivity contribution is -0.155. The summed E-state index contributed by atoms with van der Waals surface area (Å²) in [6.45, 7) is 14.8. The van der Waals surface area contributed by atoms with Crippen molar-refractivity contribution in [3.8, 4) is 22.5 Å². The number of carbonyl (C=O) groups excluding carboxylic acids is 5. The molecule has 0 unspecified atom stereocenters. The molecule has 3 aromatic heterocycles. The van der Waals surface area contributed by atoms with Crippen LogP contribution in [-0.4, -0.2) is 160 Å². The Balaban J connectivity index is 1.10. The number of nitrogens with one attached hydrogen (secondary N) is 2. The number of hydrogen-bond donors (Lipinski definition) is 2. The maximum atomic E-state index is 14.7. The van der Waals surface area contributed by atoms with Gasteiger partial charge in [-0.05, 0) is 89.4 Å². The van der Waals surface area contributed by atoms with Crippen molar-refractivity contribution in [3.63, 3.8) is 0 Å². The predicted molar refractivity (Wildman–Crippen MR) is 269 cm³/mol. The molecule has 7 heterocycles. The molecule has 70 heavy (non-hydrogen) atoms. The van der Waals surface area contributed by atoms with E-state index in [1.54, 1.807) is 31.3 Å². The SMILES string of the molecule is CCn1c(-c2cccnc2[C@H](C)OC)c2c3cc(ccc31)-c1csc(n1)C[C@H](NC(=O)[C@H](C(C)C)N(C)C(=O)N1C[C@H]3[C@@H]1CCN3C(=O)/C=C/CN(C)C)C(=O)N1CCC[C@H](N1)C(=O)OCC(C)(C)C2. The Kier molecular flexibility index (Phi) is 15.2. The first-order chi connectivity index (χ1) is 33.4. The summed E-state index contributed by atoms with van der Waals surface area (Å²) in [6, 6.07) is 7.10. The molecular weight excluding hydrogens is 909 g/mol. The number of methoxy groups -OCH3 is 1.